The molecule has 0 aliphatic carbocycles. The lowest BCUT2D eigenvalue weighted by Gasteiger charge is -2.09. The lowest BCUT2D eigenvalue weighted by Crippen LogP contribution is -2.06. The number of benzene rings is 2. The third kappa shape index (κ3) is 7.95. The Labute approximate surface area is 159 Å². The number of esters is 1. The van der Waals surface area contributed by atoms with E-state index in [0.717, 1.165) is 17.5 Å². The molecule has 0 aliphatic heterocycles. The number of unbranched alkanes of at least 4 members (excludes halogenated alkanes) is 1. The van der Waals surface area contributed by atoms with E-state index in [1.807, 2.05) is 43.3 Å². The van der Waals surface area contributed by atoms with Crippen LogP contribution in [0.4, 0.5) is 0 Å². The van der Waals surface area contributed by atoms with Crippen LogP contribution in [0.25, 0.3) is 11.1 Å². The Kier molecular flexibility index (Phi) is 8.04. The molecule has 2 aromatic carbocycles. The third-order valence-electron chi connectivity index (χ3n) is 3.84. The van der Waals surface area contributed by atoms with E-state index in [2.05, 4.69) is 0 Å². The van der Waals surface area contributed by atoms with Crippen molar-refractivity contribution in [2.75, 3.05) is 12.8 Å². The maximum Gasteiger partial charge on any atom is 0.325 e. The van der Waals surface area contributed by atoms with Crippen LogP contribution in [0.5, 0.6) is 11.5 Å². The predicted molar refractivity (Wildman–Crippen MR) is 104 cm³/mol. The third-order valence-corrected chi connectivity index (χ3v) is 4.74. The number of rotatable bonds is 10. The molecule has 2 aromatic rings. The fourth-order valence-corrected chi connectivity index (χ4v) is 3.09. The highest BCUT2D eigenvalue weighted by atomic mass is 31.2. The van der Waals surface area contributed by atoms with Crippen molar-refractivity contribution >= 4 is 13.6 Å². The Hall–Kier alpha value is -2.14. The summed E-state index contributed by atoms with van der Waals surface area (Å²) in [6, 6.07) is 14.9. The van der Waals surface area contributed by atoms with E-state index >= 15 is 0 Å². The van der Waals surface area contributed by atoms with Crippen molar-refractivity contribution in [1.29, 1.82) is 0 Å². The van der Waals surface area contributed by atoms with Gasteiger partial charge in [0.2, 0.25) is 0 Å². The molecule has 2 rings (SSSR count). The first-order valence-corrected chi connectivity index (χ1v) is 10.8. The van der Waals surface area contributed by atoms with Crippen LogP contribution in [0.15, 0.2) is 48.5 Å². The summed E-state index contributed by atoms with van der Waals surface area (Å²) in [7, 11) is -3.92. The smallest absolute Gasteiger partial charge is 0.325 e. The monoisotopic (exact) mass is 392 g/mol. The lowest BCUT2D eigenvalue weighted by molar-refractivity contribution is -0.134. The fraction of sp³-hybridized carbons (Fsp3) is 0.350. The highest BCUT2D eigenvalue weighted by Crippen LogP contribution is 2.35. The van der Waals surface area contributed by atoms with E-state index in [9.17, 15) is 9.36 Å². The largest absolute Gasteiger partial charge is 0.494 e. The minimum atomic E-state index is -3.92. The quantitative estimate of drug-likeness (QED) is 0.269. The van der Waals surface area contributed by atoms with Crippen LogP contribution in [0.3, 0.4) is 0 Å². The fourth-order valence-electron chi connectivity index (χ4n) is 2.46. The molecule has 0 aliphatic rings. The number of carbonyl (C=O) groups excluding carboxylic acids is 1. The van der Waals surface area contributed by atoms with Gasteiger partial charge >= 0.3 is 13.6 Å². The maximum atomic E-state index is 11.5. The molecular formula is C20H25O6P. The van der Waals surface area contributed by atoms with Crippen LogP contribution in [-0.4, -0.2) is 28.5 Å². The Morgan fingerprint density at radius 3 is 2.00 bits per heavy atom. The Morgan fingerprint density at radius 1 is 0.926 bits per heavy atom. The molecule has 0 amide bonds. The van der Waals surface area contributed by atoms with Gasteiger partial charge < -0.3 is 19.3 Å². The van der Waals surface area contributed by atoms with E-state index < -0.39 is 7.60 Å². The topological polar surface area (TPSA) is 93.1 Å². The first-order chi connectivity index (χ1) is 12.9. The van der Waals surface area contributed by atoms with Gasteiger partial charge in [0.05, 0.1) is 6.61 Å². The summed E-state index contributed by atoms with van der Waals surface area (Å²) in [4.78, 5) is 29.1. The second kappa shape index (κ2) is 10.3. The van der Waals surface area contributed by atoms with Gasteiger partial charge in [0.1, 0.15) is 11.5 Å². The zero-order valence-electron chi connectivity index (χ0n) is 15.3. The van der Waals surface area contributed by atoms with Crippen molar-refractivity contribution in [1.82, 2.24) is 0 Å². The summed E-state index contributed by atoms with van der Waals surface area (Å²) in [5, 5.41) is 0. The van der Waals surface area contributed by atoms with Crippen molar-refractivity contribution < 1.29 is 28.6 Å². The van der Waals surface area contributed by atoms with Crippen LogP contribution in [0.1, 0.15) is 32.6 Å². The molecule has 0 spiro atoms. The van der Waals surface area contributed by atoms with Crippen LogP contribution in [-0.2, 0) is 9.36 Å². The van der Waals surface area contributed by atoms with Crippen molar-refractivity contribution in [3.63, 3.8) is 0 Å². The summed E-state index contributed by atoms with van der Waals surface area (Å²) in [6.07, 6.45) is 2.07. The summed E-state index contributed by atoms with van der Waals surface area (Å²) in [6.45, 7) is 2.34. The van der Waals surface area contributed by atoms with Gasteiger partial charge in [-0.2, -0.15) is 0 Å². The number of hydrogen-bond acceptors (Lipinski definition) is 4. The van der Waals surface area contributed by atoms with Crippen LogP contribution in [0, 0.1) is 0 Å². The number of ether oxygens (including phenoxy) is 2. The Morgan fingerprint density at radius 2 is 1.48 bits per heavy atom. The molecule has 0 radical (unpaired) electrons. The van der Waals surface area contributed by atoms with E-state index in [1.54, 1.807) is 12.1 Å². The molecule has 0 saturated carbocycles. The van der Waals surface area contributed by atoms with Crippen molar-refractivity contribution in [2.24, 2.45) is 0 Å². The van der Waals surface area contributed by atoms with Crippen molar-refractivity contribution in [3.8, 4) is 22.6 Å². The van der Waals surface area contributed by atoms with Crippen LogP contribution < -0.4 is 9.47 Å². The van der Waals surface area contributed by atoms with Gasteiger partial charge in [0, 0.05) is 12.6 Å². The Bertz CT molecular complexity index is 764. The molecule has 0 heterocycles. The number of carbonyl (C=O) groups is 1. The predicted octanol–water partition coefficient (Wildman–Crippen LogP) is 4.40. The second-order valence-corrected chi connectivity index (χ2v) is 7.99. The average Bonchev–Trinajstić information content (AvgIpc) is 2.62. The summed E-state index contributed by atoms with van der Waals surface area (Å²) in [5.74, 6) is 1.01. The van der Waals surface area contributed by atoms with Gasteiger partial charge in [-0.25, -0.2) is 0 Å². The molecule has 2 N–H and O–H groups in total. The first-order valence-electron chi connectivity index (χ1n) is 8.96. The van der Waals surface area contributed by atoms with Gasteiger partial charge in [-0.3, -0.25) is 9.36 Å². The van der Waals surface area contributed by atoms with E-state index in [-0.39, 0.29) is 12.1 Å². The molecule has 0 unspecified atom stereocenters. The second-order valence-electron chi connectivity index (χ2n) is 6.22. The molecule has 27 heavy (non-hydrogen) atoms. The van der Waals surface area contributed by atoms with Crippen molar-refractivity contribution in [3.05, 3.63) is 48.5 Å². The van der Waals surface area contributed by atoms with Gasteiger partial charge in [0.15, 0.2) is 0 Å². The molecule has 0 fully saturated rings. The van der Waals surface area contributed by atoms with Crippen molar-refractivity contribution in [2.45, 2.75) is 32.6 Å². The minimum Gasteiger partial charge on any atom is -0.494 e. The molecule has 7 heteroatoms. The molecule has 146 valence electrons. The highest BCUT2D eigenvalue weighted by molar-refractivity contribution is 7.51. The maximum absolute atomic E-state index is 11.5. The normalized spacial score (nSPS) is 11.2. The summed E-state index contributed by atoms with van der Waals surface area (Å²) in [5.41, 5.74) is 2.01. The van der Waals surface area contributed by atoms with E-state index in [1.165, 1.54) is 0 Å². The summed E-state index contributed by atoms with van der Waals surface area (Å²) >= 11 is 0. The van der Waals surface area contributed by atoms with Crippen LogP contribution >= 0.6 is 7.60 Å². The molecule has 0 saturated heterocycles. The first kappa shape index (κ1) is 21.2. The molecule has 6 nitrogen and oxygen atoms in total. The highest BCUT2D eigenvalue weighted by Gasteiger charge is 2.11. The van der Waals surface area contributed by atoms with E-state index in [4.69, 9.17) is 19.3 Å². The van der Waals surface area contributed by atoms with Gasteiger partial charge in [0.25, 0.3) is 0 Å². The zero-order chi connectivity index (χ0) is 19.7. The van der Waals surface area contributed by atoms with Gasteiger partial charge in [-0.1, -0.05) is 31.2 Å². The Balaban J connectivity index is 1.84. The minimum absolute atomic E-state index is 0.112. The number of hydrogen-bond donors (Lipinski definition) is 2. The van der Waals surface area contributed by atoms with Gasteiger partial charge in [-0.05, 0) is 54.7 Å². The van der Waals surface area contributed by atoms with Gasteiger partial charge in [-0.15, -0.1) is 0 Å². The molecular weight excluding hydrogens is 367 g/mol. The molecule has 0 bridgehead atoms. The van der Waals surface area contributed by atoms with E-state index in [0.29, 0.717) is 37.4 Å². The average molecular weight is 392 g/mol. The van der Waals surface area contributed by atoms with Crippen LogP contribution in [0.2, 0.25) is 0 Å². The SMILES string of the molecule is CCCC(=O)Oc1ccc(-c2ccc(OCCCCP(=O)(O)O)cc2)cc1. The standard InChI is InChI=1S/C20H25O6P/c1-2-5-20(21)26-19-12-8-17(9-13-19)16-6-10-18(11-7-16)25-14-3-4-15-27(22,23)24/h6-13H,2-5,14-15H2,1H3,(H2,22,23,24). The zero-order valence-corrected chi connectivity index (χ0v) is 16.2. The lowest BCUT2D eigenvalue weighted by atomic mass is 10.1. The molecule has 0 aromatic heterocycles. The molecule has 0 atom stereocenters. The summed E-state index contributed by atoms with van der Waals surface area (Å²) < 4.78 is 21.6.